The molecule has 0 amide bonds. The average Bonchev–Trinajstić information content (AvgIpc) is 2.30. The zero-order chi connectivity index (χ0) is 13.8. The van der Waals surface area contributed by atoms with Gasteiger partial charge in [0.25, 0.3) is 0 Å². The van der Waals surface area contributed by atoms with Gasteiger partial charge in [-0.25, -0.2) is 0 Å². The van der Waals surface area contributed by atoms with E-state index in [1.54, 1.807) is 0 Å². The van der Waals surface area contributed by atoms with Crippen LogP contribution in [0, 0.1) is 0 Å². The number of hydrogen-bond acceptors (Lipinski definition) is 7. The van der Waals surface area contributed by atoms with Crippen molar-refractivity contribution < 1.29 is 9.84 Å². The molecule has 0 radical (unpaired) electrons. The van der Waals surface area contributed by atoms with Crippen LogP contribution >= 0.6 is 0 Å². The minimum absolute atomic E-state index is 0.0144. The molecule has 0 saturated heterocycles. The molecule has 0 aromatic carbocycles. The molecular weight excluding hydrogens is 246 g/mol. The third-order valence-electron chi connectivity index (χ3n) is 3.00. The third-order valence-corrected chi connectivity index (χ3v) is 3.00. The molecule has 1 aliphatic carbocycles. The number of aliphatic hydroxyl groups is 1. The minimum atomic E-state index is -0.179. The Hall–Kier alpha value is -1.63. The molecule has 1 aromatic heterocycles. The number of aromatic nitrogens is 3. The number of anilines is 2. The Morgan fingerprint density at radius 1 is 1.21 bits per heavy atom. The molecule has 0 spiro atoms. The second kappa shape index (κ2) is 6.01. The molecule has 1 saturated carbocycles. The Balaban J connectivity index is 2.01. The summed E-state index contributed by atoms with van der Waals surface area (Å²) >= 11 is 0. The molecule has 0 aliphatic heterocycles. The summed E-state index contributed by atoms with van der Waals surface area (Å²) < 4.78 is 5.42. The van der Waals surface area contributed by atoms with E-state index >= 15 is 0 Å². The zero-order valence-corrected chi connectivity index (χ0v) is 11.3. The molecule has 1 fully saturated rings. The van der Waals surface area contributed by atoms with Gasteiger partial charge in [-0.05, 0) is 39.5 Å². The fourth-order valence-corrected chi connectivity index (χ4v) is 2.10. The number of nitrogens with two attached hydrogens (primary N) is 1. The largest absolute Gasteiger partial charge is 0.461 e. The van der Waals surface area contributed by atoms with Crippen LogP contribution in [0.25, 0.3) is 0 Å². The Morgan fingerprint density at radius 2 is 1.89 bits per heavy atom. The van der Waals surface area contributed by atoms with Gasteiger partial charge in [0.1, 0.15) is 0 Å². The van der Waals surface area contributed by atoms with Gasteiger partial charge in [-0.15, -0.1) is 0 Å². The summed E-state index contributed by atoms with van der Waals surface area (Å²) in [6.45, 7) is 3.80. The Labute approximate surface area is 112 Å². The number of aliphatic hydroxyl groups excluding tert-OH is 1. The van der Waals surface area contributed by atoms with E-state index in [0.29, 0.717) is 5.95 Å². The molecule has 0 atom stereocenters. The Kier molecular flexibility index (Phi) is 4.36. The number of hydrogen-bond donors (Lipinski definition) is 3. The molecule has 106 valence electrons. The normalized spacial score (nSPS) is 23.4. The van der Waals surface area contributed by atoms with Gasteiger partial charge in [0.15, 0.2) is 0 Å². The van der Waals surface area contributed by atoms with Crippen molar-refractivity contribution in [3.05, 3.63) is 0 Å². The van der Waals surface area contributed by atoms with Crippen molar-refractivity contribution >= 4 is 11.9 Å². The van der Waals surface area contributed by atoms with Crippen LogP contribution in [0.5, 0.6) is 6.01 Å². The van der Waals surface area contributed by atoms with Gasteiger partial charge in [0.2, 0.25) is 11.9 Å². The lowest BCUT2D eigenvalue weighted by Gasteiger charge is -2.26. The first-order chi connectivity index (χ1) is 9.02. The number of nitrogens with one attached hydrogen (secondary N) is 1. The molecule has 2 rings (SSSR count). The minimum Gasteiger partial charge on any atom is -0.461 e. The molecule has 1 aromatic rings. The lowest BCUT2D eigenvalue weighted by Crippen LogP contribution is -2.29. The van der Waals surface area contributed by atoms with Gasteiger partial charge in [-0.1, -0.05) is 0 Å². The fraction of sp³-hybridized carbons (Fsp3) is 0.750. The van der Waals surface area contributed by atoms with Gasteiger partial charge in [-0.2, -0.15) is 15.0 Å². The Morgan fingerprint density at radius 3 is 2.53 bits per heavy atom. The van der Waals surface area contributed by atoms with Crippen molar-refractivity contribution in [3.63, 3.8) is 0 Å². The van der Waals surface area contributed by atoms with Gasteiger partial charge in [-0.3, -0.25) is 0 Å². The predicted molar refractivity (Wildman–Crippen MR) is 71.9 cm³/mol. The lowest BCUT2D eigenvalue weighted by molar-refractivity contribution is 0.126. The first-order valence-electron chi connectivity index (χ1n) is 6.65. The van der Waals surface area contributed by atoms with E-state index in [9.17, 15) is 5.11 Å². The van der Waals surface area contributed by atoms with Crippen LogP contribution < -0.4 is 15.8 Å². The average molecular weight is 267 g/mol. The highest BCUT2D eigenvalue weighted by Gasteiger charge is 2.20. The van der Waals surface area contributed by atoms with Crippen LogP contribution in [0.3, 0.4) is 0 Å². The highest BCUT2D eigenvalue weighted by Crippen LogP contribution is 2.21. The number of nitrogens with zero attached hydrogens (tertiary/aromatic N) is 3. The van der Waals surface area contributed by atoms with E-state index in [1.165, 1.54) is 0 Å². The number of rotatable bonds is 4. The second-order valence-electron chi connectivity index (χ2n) is 5.12. The molecular formula is C12H21N5O2. The van der Waals surface area contributed by atoms with Gasteiger partial charge >= 0.3 is 6.01 Å². The first kappa shape index (κ1) is 13.8. The fourth-order valence-electron chi connectivity index (χ4n) is 2.10. The highest BCUT2D eigenvalue weighted by molar-refractivity contribution is 5.33. The van der Waals surface area contributed by atoms with E-state index < -0.39 is 0 Å². The summed E-state index contributed by atoms with van der Waals surface area (Å²) in [6.07, 6.45) is 3.20. The number of ether oxygens (including phenoxy) is 1. The van der Waals surface area contributed by atoms with Crippen LogP contribution in [0.1, 0.15) is 39.5 Å². The van der Waals surface area contributed by atoms with Gasteiger partial charge < -0.3 is 20.9 Å². The van der Waals surface area contributed by atoms with Crippen molar-refractivity contribution in [2.45, 2.75) is 57.8 Å². The first-order valence-corrected chi connectivity index (χ1v) is 6.65. The van der Waals surface area contributed by atoms with E-state index in [0.717, 1.165) is 25.7 Å². The summed E-state index contributed by atoms with van der Waals surface area (Å²) in [5, 5.41) is 12.7. The van der Waals surface area contributed by atoms with Crippen molar-refractivity contribution in [2.24, 2.45) is 0 Å². The van der Waals surface area contributed by atoms with E-state index in [2.05, 4.69) is 20.3 Å². The quantitative estimate of drug-likeness (QED) is 0.745. The molecule has 19 heavy (non-hydrogen) atoms. The zero-order valence-electron chi connectivity index (χ0n) is 11.3. The lowest BCUT2D eigenvalue weighted by atomic mass is 9.93. The predicted octanol–water partition coefficient (Wildman–Crippen LogP) is 0.956. The molecule has 7 nitrogen and oxygen atoms in total. The van der Waals surface area contributed by atoms with E-state index in [-0.39, 0.29) is 30.2 Å². The smallest absolute Gasteiger partial charge is 0.323 e. The molecule has 1 heterocycles. The Bertz CT molecular complexity index is 419. The van der Waals surface area contributed by atoms with Gasteiger partial charge in [0.05, 0.1) is 12.2 Å². The van der Waals surface area contributed by atoms with E-state index in [4.69, 9.17) is 10.5 Å². The monoisotopic (exact) mass is 267 g/mol. The SMILES string of the molecule is CC(C)Oc1nc(N)nc(NC2CCC(O)CC2)n1. The maximum Gasteiger partial charge on any atom is 0.323 e. The highest BCUT2D eigenvalue weighted by atomic mass is 16.5. The van der Waals surface area contributed by atoms with Crippen LogP contribution in [-0.2, 0) is 0 Å². The third kappa shape index (κ3) is 4.20. The van der Waals surface area contributed by atoms with Crippen molar-refractivity contribution in [2.75, 3.05) is 11.1 Å². The van der Waals surface area contributed by atoms with Crippen LogP contribution in [0.2, 0.25) is 0 Å². The standard InChI is InChI=1S/C12H21N5O2/c1-7(2)19-12-16-10(13)15-11(17-12)14-8-3-5-9(18)6-4-8/h7-9,18H,3-6H2,1-2H3,(H3,13,14,15,16,17). The van der Waals surface area contributed by atoms with Crippen molar-refractivity contribution in [1.82, 2.24) is 15.0 Å². The topological polar surface area (TPSA) is 106 Å². The molecule has 4 N–H and O–H groups in total. The summed E-state index contributed by atoms with van der Waals surface area (Å²) in [5.41, 5.74) is 5.64. The molecule has 7 heteroatoms. The van der Waals surface area contributed by atoms with Crippen LogP contribution in [0.15, 0.2) is 0 Å². The van der Waals surface area contributed by atoms with Crippen molar-refractivity contribution in [1.29, 1.82) is 0 Å². The molecule has 0 unspecified atom stereocenters. The summed E-state index contributed by atoms with van der Waals surface area (Å²) in [4.78, 5) is 12.2. The summed E-state index contributed by atoms with van der Waals surface area (Å²) in [6, 6.07) is 0.498. The maximum atomic E-state index is 9.47. The molecule has 0 bridgehead atoms. The van der Waals surface area contributed by atoms with Crippen LogP contribution in [-0.4, -0.2) is 38.3 Å². The summed E-state index contributed by atoms with van der Waals surface area (Å²) in [5.74, 6) is 0.577. The number of nitrogen functional groups attached to an aromatic ring is 1. The molecule has 1 aliphatic rings. The maximum absolute atomic E-state index is 9.47. The van der Waals surface area contributed by atoms with Gasteiger partial charge in [0, 0.05) is 6.04 Å². The van der Waals surface area contributed by atoms with Crippen LogP contribution in [0.4, 0.5) is 11.9 Å². The van der Waals surface area contributed by atoms with E-state index in [1.807, 2.05) is 13.8 Å². The summed E-state index contributed by atoms with van der Waals surface area (Å²) in [7, 11) is 0. The second-order valence-corrected chi connectivity index (χ2v) is 5.12. The van der Waals surface area contributed by atoms with Crippen molar-refractivity contribution in [3.8, 4) is 6.01 Å².